The Bertz CT molecular complexity index is 12.4. The van der Waals surface area contributed by atoms with Gasteiger partial charge in [0.05, 0.1) is 0 Å². The Hall–Kier alpha value is 2.36. The van der Waals surface area contributed by atoms with E-state index in [0.717, 1.165) is 0 Å². The molecule has 0 bridgehead atoms. The van der Waals surface area contributed by atoms with Gasteiger partial charge >= 0.3 is 63.7 Å². The molecule has 0 saturated carbocycles. The monoisotopic (exact) mass is 217 g/mol. The van der Waals surface area contributed by atoms with Crippen molar-refractivity contribution in [2.75, 3.05) is 0 Å². The Morgan fingerprint density at radius 3 is 0.500 bits per heavy atom. The van der Waals surface area contributed by atoms with E-state index in [1.807, 2.05) is 0 Å². The van der Waals surface area contributed by atoms with E-state index in [4.69, 9.17) is 0 Å². The van der Waals surface area contributed by atoms with Crippen molar-refractivity contribution in [2.45, 2.75) is 0 Å². The summed E-state index contributed by atoms with van der Waals surface area (Å²) < 4.78 is 0. The fraction of sp³-hybridized carbons (Fsp3) is 0. The zero-order chi connectivity index (χ0) is 0. The van der Waals surface area contributed by atoms with Crippen LogP contribution in [0, 0.1) is 0 Å². The third-order valence-electron chi connectivity index (χ3n) is 0. The summed E-state index contributed by atoms with van der Waals surface area (Å²) in [5, 5.41) is 0. The van der Waals surface area contributed by atoms with Crippen molar-refractivity contribution >= 4 is 42.1 Å². The van der Waals surface area contributed by atoms with Crippen LogP contribution >= 0.6 is 0 Å². The van der Waals surface area contributed by atoms with Crippen molar-refractivity contribution < 1.29 is 63.7 Å². The molecule has 1 radical (unpaired) electrons. The fourth-order valence-corrected chi connectivity index (χ4v) is 0. The first kappa shape index (κ1) is 163. The largest absolute Gasteiger partial charge is 2.00 e. The van der Waals surface area contributed by atoms with Gasteiger partial charge in [0.1, 0.15) is 0 Å². The third kappa shape index (κ3) is 81.2. The summed E-state index contributed by atoms with van der Waals surface area (Å²) in [5.74, 6) is 0. The van der Waals surface area contributed by atoms with Crippen LogP contribution in [0.2, 0.25) is 0 Å². The fourth-order valence-electron chi connectivity index (χ4n) is 0. The second-order valence-corrected chi connectivity index (χ2v) is 0. The van der Waals surface area contributed by atoms with Crippen molar-refractivity contribution in [1.29, 1.82) is 0 Å². The Kier molecular flexibility index (Phi) is 2380. The van der Waals surface area contributed by atoms with Gasteiger partial charge in [-0.3, -0.25) is 0 Å². The van der Waals surface area contributed by atoms with Gasteiger partial charge < -0.3 is 0 Å². The van der Waals surface area contributed by atoms with Crippen LogP contribution in [0.3, 0.4) is 0 Å². The molecule has 0 amide bonds. The zero-order valence-corrected chi connectivity index (χ0v) is 5.70. The molecule has 0 aliphatic carbocycles. The molecule has 0 aromatic heterocycles. The van der Waals surface area contributed by atoms with Crippen molar-refractivity contribution in [3.8, 4) is 0 Å². The summed E-state index contributed by atoms with van der Waals surface area (Å²) in [6.45, 7) is 0. The van der Waals surface area contributed by atoms with Crippen molar-refractivity contribution in [3.05, 3.63) is 0 Å². The molecule has 0 rings (SSSR count). The number of hydrogen-bond acceptors (Lipinski definition) is 0. The second kappa shape index (κ2) is 117. The average Bonchev–Trinajstić information content (AvgIpc) is 0. The van der Waals surface area contributed by atoms with Crippen LogP contribution in [-0.2, 0) is 34.1 Å². The topological polar surface area (TPSA) is 0 Å². The van der Waals surface area contributed by atoms with Crippen LogP contribution in [0.5, 0.6) is 0 Å². The van der Waals surface area contributed by atoms with E-state index in [0.29, 0.717) is 0 Å². The van der Waals surface area contributed by atoms with E-state index in [1.165, 1.54) is 0 Å². The summed E-state index contributed by atoms with van der Waals surface area (Å²) in [7, 11) is 0. The number of rotatable bonds is 0. The number of hydrogen-bond donors (Lipinski definition) is 0. The molecule has 0 aliphatic heterocycles. The van der Waals surface area contributed by atoms with E-state index < -0.39 is 0 Å². The summed E-state index contributed by atoms with van der Waals surface area (Å²) in [4.78, 5) is 0. The van der Waals surface area contributed by atoms with Gasteiger partial charge in [0.15, 0.2) is 0 Å². The Labute approximate surface area is 105 Å². The summed E-state index contributed by atoms with van der Waals surface area (Å²) >= 11 is 0. The second-order valence-electron chi connectivity index (χ2n) is 0. The molecule has 0 nitrogen and oxygen atoms in total. The Morgan fingerprint density at radius 1 is 0.500 bits per heavy atom. The minimum absolute atomic E-state index is 0. The zero-order valence-electron chi connectivity index (χ0n) is 1.66. The maximum Gasteiger partial charge on any atom is 2.00 e. The molecule has 8 heteroatoms. The Morgan fingerprint density at radius 2 is 0.500 bits per heavy atom. The SMILES string of the molecule is [BH4-].[BH4-].[BH4-].[BH4-].[BH4-].[Cu+2].[Fe+2].[Na+]. The summed E-state index contributed by atoms with van der Waals surface area (Å²) in [5.41, 5.74) is 0. The van der Waals surface area contributed by atoms with Gasteiger partial charge in [-0.15, -0.1) is 0 Å². The van der Waals surface area contributed by atoms with Crippen LogP contribution in [0.1, 0.15) is 0 Å². The van der Waals surface area contributed by atoms with Crippen molar-refractivity contribution in [2.24, 2.45) is 0 Å². The smallest absolute Gasteiger partial charge is 0.0626 e. The first-order valence-electron chi connectivity index (χ1n) is 0. The standard InChI is InChI=1S/5BH4.Cu.Fe.Na/h5*1H4;;;/q5*-1;2*+2;+1. The Balaban J connectivity index is 0. The molecular formula is H20B5CuFeNa. The quantitative estimate of drug-likeness (QED) is 0.353. The van der Waals surface area contributed by atoms with Crippen molar-refractivity contribution in [3.63, 3.8) is 0 Å². The average molecular weight is 217 g/mol. The molecule has 55 valence electrons. The molecule has 0 aromatic carbocycles. The molecule has 8 heavy (non-hydrogen) atoms. The van der Waals surface area contributed by atoms with E-state index in [-0.39, 0.29) is 106 Å². The third-order valence-corrected chi connectivity index (χ3v) is 0. The molecule has 0 aromatic rings. The molecule has 0 unspecified atom stereocenters. The molecule has 0 fully saturated rings. The van der Waals surface area contributed by atoms with Crippen LogP contribution in [0.15, 0.2) is 0 Å². The first-order chi connectivity index (χ1) is 0. The van der Waals surface area contributed by atoms with E-state index in [2.05, 4.69) is 0 Å². The molecular weight excluding hydrogens is 196 g/mol. The van der Waals surface area contributed by atoms with E-state index >= 15 is 0 Å². The van der Waals surface area contributed by atoms with Gasteiger partial charge in [0.25, 0.3) is 0 Å². The van der Waals surface area contributed by atoms with Gasteiger partial charge in [-0.1, -0.05) is 42.1 Å². The van der Waals surface area contributed by atoms with E-state index in [1.54, 1.807) is 0 Å². The molecule has 0 atom stereocenters. The van der Waals surface area contributed by atoms with Crippen molar-refractivity contribution in [1.82, 2.24) is 0 Å². The molecule has 0 spiro atoms. The van der Waals surface area contributed by atoms with Gasteiger partial charge in [-0.2, -0.15) is 0 Å². The minimum atomic E-state index is 0. The van der Waals surface area contributed by atoms with Crippen LogP contribution in [0.4, 0.5) is 0 Å². The van der Waals surface area contributed by atoms with Crippen LogP contribution in [-0.4, -0.2) is 42.1 Å². The predicted octanol–water partition coefficient (Wildman–Crippen LogP) is -10.3. The molecule has 0 saturated heterocycles. The van der Waals surface area contributed by atoms with Gasteiger partial charge in [-0.05, 0) is 0 Å². The van der Waals surface area contributed by atoms with Gasteiger partial charge in [0, 0.05) is 0 Å². The van der Waals surface area contributed by atoms with Gasteiger partial charge in [-0.25, -0.2) is 0 Å². The van der Waals surface area contributed by atoms with Crippen LogP contribution < -0.4 is 29.6 Å². The molecule has 0 N–H and O–H groups in total. The maximum absolute atomic E-state index is 0. The van der Waals surface area contributed by atoms with Gasteiger partial charge in [0.2, 0.25) is 0 Å². The summed E-state index contributed by atoms with van der Waals surface area (Å²) in [6.07, 6.45) is 0. The molecule has 0 heterocycles. The minimum Gasteiger partial charge on any atom is -0.0626 e. The van der Waals surface area contributed by atoms with Crippen LogP contribution in [0.25, 0.3) is 0 Å². The van der Waals surface area contributed by atoms with E-state index in [9.17, 15) is 0 Å². The normalized spacial score (nSPS) is 0. The predicted molar refractivity (Wildman–Crippen MR) is 56.7 cm³/mol. The first-order valence-corrected chi connectivity index (χ1v) is 0. The molecule has 0 aliphatic rings. The maximum atomic E-state index is 0. The summed E-state index contributed by atoms with van der Waals surface area (Å²) in [6, 6.07) is 0.